The van der Waals surface area contributed by atoms with Gasteiger partial charge in [-0.3, -0.25) is 9.59 Å². The first kappa shape index (κ1) is 12.4. The average molecular weight is 263 g/mol. The van der Waals surface area contributed by atoms with Crippen molar-refractivity contribution >= 4 is 22.8 Å². The van der Waals surface area contributed by atoms with E-state index < -0.39 is 5.78 Å². The van der Waals surface area contributed by atoms with Gasteiger partial charge in [-0.2, -0.15) is 0 Å². The predicted octanol–water partition coefficient (Wildman–Crippen LogP) is 3.07. The molecule has 0 unspecified atom stereocenters. The highest BCUT2D eigenvalue weighted by atomic mass is 16.2. The van der Waals surface area contributed by atoms with Crippen molar-refractivity contribution in [2.24, 2.45) is 0 Å². The van der Waals surface area contributed by atoms with Crippen molar-refractivity contribution in [3.05, 3.63) is 72.1 Å². The lowest BCUT2D eigenvalue weighted by molar-refractivity contribution is -0.104. The van der Waals surface area contributed by atoms with Crippen LogP contribution in [0.1, 0.15) is 16.1 Å². The molecular formula is C17H13NO2. The lowest BCUT2D eigenvalue weighted by atomic mass is 10.1. The van der Waals surface area contributed by atoms with Gasteiger partial charge < -0.3 is 4.57 Å². The fourth-order valence-electron chi connectivity index (χ4n) is 2.45. The molecule has 3 aromatic rings. The Morgan fingerprint density at radius 1 is 1.00 bits per heavy atom. The Balaban J connectivity index is 2.14. The highest BCUT2D eigenvalue weighted by Gasteiger charge is 2.15. The molecule has 98 valence electrons. The zero-order valence-electron chi connectivity index (χ0n) is 10.8. The van der Waals surface area contributed by atoms with Crippen molar-refractivity contribution in [1.82, 2.24) is 4.57 Å². The number of hydrogen-bond donors (Lipinski definition) is 0. The van der Waals surface area contributed by atoms with Gasteiger partial charge in [0.2, 0.25) is 5.78 Å². The molecule has 0 aliphatic heterocycles. The Morgan fingerprint density at radius 3 is 2.45 bits per heavy atom. The highest BCUT2D eigenvalue weighted by Crippen LogP contribution is 2.22. The molecule has 0 radical (unpaired) electrons. The van der Waals surface area contributed by atoms with E-state index in [4.69, 9.17) is 0 Å². The Bertz CT molecular complexity index is 772. The molecule has 3 nitrogen and oxygen atoms in total. The molecule has 0 fully saturated rings. The first-order chi connectivity index (χ1) is 9.79. The Hall–Kier alpha value is -2.68. The van der Waals surface area contributed by atoms with Crippen LogP contribution in [0.25, 0.3) is 10.8 Å². The molecule has 0 bridgehead atoms. The van der Waals surface area contributed by atoms with Crippen LogP contribution in [0, 0.1) is 0 Å². The van der Waals surface area contributed by atoms with Gasteiger partial charge in [0.05, 0.1) is 0 Å². The smallest absolute Gasteiger partial charge is 0.242 e. The van der Waals surface area contributed by atoms with Crippen molar-refractivity contribution in [2.75, 3.05) is 0 Å². The summed E-state index contributed by atoms with van der Waals surface area (Å²) in [5.41, 5.74) is 1.55. The molecule has 0 N–H and O–H groups in total. The van der Waals surface area contributed by atoms with Gasteiger partial charge in [0.25, 0.3) is 0 Å². The van der Waals surface area contributed by atoms with Crippen molar-refractivity contribution in [1.29, 1.82) is 0 Å². The van der Waals surface area contributed by atoms with Crippen LogP contribution in [0.4, 0.5) is 0 Å². The summed E-state index contributed by atoms with van der Waals surface area (Å²) >= 11 is 0. The van der Waals surface area contributed by atoms with E-state index in [0.717, 1.165) is 16.3 Å². The summed E-state index contributed by atoms with van der Waals surface area (Å²) in [5, 5.41) is 1.79. The summed E-state index contributed by atoms with van der Waals surface area (Å²) in [6, 6.07) is 17.5. The van der Waals surface area contributed by atoms with E-state index in [2.05, 4.69) is 0 Å². The standard InChI is InChI=1S/C17H13NO2/c19-12-16(20)17-15-9-5-4-8-14(15)11-18(17)10-13-6-2-1-3-7-13/h1-9,11-12H,10H2. The van der Waals surface area contributed by atoms with Crippen LogP contribution in [0.5, 0.6) is 0 Å². The third kappa shape index (κ3) is 2.14. The van der Waals surface area contributed by atoms with E-state index in [1.807, 2.05) is 65.4 Å². The summed E-state index contributed by atoms with van der Waals surface area (Å²) < 4.78 is 1.84. The average Bonchev–Trinajstić information content (AvgIpc) is 2.85. The Kier molecular flexibility index (Phi) is 3.17. The molecular weight excluding hydrogens is 250 g/mol. The van der Waals surface area contributed by atoms with Crippen LogP contribution >= 0.6 is 0 Å². The summed E-state index contributed by atoms with van der Waals surface area (Å²) in [5.74, 6) is -0.484. The molecule has 20 heavy (non-hydrogen) atoms. The fraction of sp³-hybridized carbons (Fsp3) is 0.0588. The quantitative estimate of drug-likeness (QED) is 0.412. The second kappa shape index (κ2) is 5.13. The van der Waals surface area contributed by atoms with E-state index >= 15 is 0 Å². The molecule has 0 aliphatic rings. The number of aldehydes is 1. The molecule has 1 heterocycles. The third-order valence-electron chi connectivity index (χ3n) is 3.33. The van der Waals surface area contributed by atoms with Crippen LogP contribution in [-0.2, 0) is 11.3 Å². The van der Waals surface area contributed by atoms with Gasteiger partial charge in [-0.05, 0) is 5.56 Å². The van der Waals surface area contributed by atoms with E-state index in [0.29, 0.717) is 18.5 Å². The minimum atomic E-state index is -0.484. The van der Waals surface area contributed by atoms with Crippen molar-refractivity contribution in [2.45, 2.75) is 6.54 Å². The molecule has 0 spiro atoms. The van der Waals surface area contributed by atoms with E-state index in [1.54, 1.807) is 0 Å². The minimum Gasteiger partial charge on any atom is -0.339 e. The van der Waals surface area contributed by atoms with Crippen molar-refractivity contribution in [3.63, 3.8) is 0 Å². The second-order valence-electron chi connectivity index (χ2n) is 4.66. The number of nitrogens with zero attached hydrogens (tertiary/aromatic N) is 1. The number of benzene rings is 2. The highest BCUT2D eigenvalue weighted by molar-refractivity contribution is 6.35. The van der Waals surface area contributed by atoms with E-state index in [1.165, 1.54) is 0 Å². The van der Waals surface area contributed by atoms with Gasteiger partial charge in [0.1, 0.15) is 5.69 Å². The predicted molar refractivity (Wildman–Crippen MR) is 77.9 cm³/mol. The van der Waals surface area contributed by atoms with Crippen LogP contribution in [0.15, 0.2) is 60.8 Å². The number of ketones is 1. The van der Waals surface area contributed by atoms with E-state index in [9.17, 15) is 9.59 Å². The largest absolute Gasteiger partial charge is 0.339 e. The van der Waals surface area contributed by atoms with E-state index in [-0.39, 0.29) is 0 Å². The first-order valence-corrected chi connectivity index (χ1v) is 6.41. The minimum absolute atomic E-state index is 0.378. The lowest BCUT2D eigenvalue weighted by Gasteiger charge is -2.06. The third-order valence-corrected chi connectivity index (χ3v) is 3.33. The molecule has 3 heteroatoms. The van der Waals surface area contributed by atoms with Gasteiger partial charge in [-0.15, -0.1) is 0 Å². The zero-order chi connectivity index (χ0) is 13.9. The number of carbonyl (C=O) groups excluding carboxylic acids is 2. The first-order valence-electron chi connectivity index (χ1n) is 6.41. The van der Waals surface area contributed by atoms with Gasteiger partial charge in [-0.25, -0.2) is 0 Å². The second-order valence-corrected chi connectivity index (χ2v) is 4.66. The lowest BCUT2D eigenvalue weighted by Crippen LogP contribution is -2.10. The molecule has 0 saturated heterocycles. The van der Waals surface area contributed by atoms with Crippen LogP contribution in [0.2, 0.25) is 0 Å². The van der Waals surface area contributed by atoms with Gasteiger partial charge in [-0.1, -0.05) is 54.6 Å². The number of fused-ring (bicyclic) bond motifs is 1. The number of aromatic nitrogens is 1. The van der Waals surface area contributed by atoms with Gasteiger partial charge in [0.15, 0.2) is 6.29 Å². The van der Waals surface area contributed by atoms with Gasteiger partial charge >= 0.3 is 0 Å². The molecule has 0 amide bonds. The maximum atomic E-state index is 11.9. The van der Waals surface area contributed by atoms with Crippen LogP contribution in [-0.4, -0.2) is 16.6 Å². The monoisotopic (exact) mass is 263 g/mol. The zero-order valence-corrected chi connectivity index (χ0v) is 10.8. The maximum Gasteiger partial charge on any atom is 0.242 e. The fourth-order valence-corrected chi connectivity index (χ4v) is 2.45. The summed E-state index contributed by atoms with van der Waals surface area (Å²) in [6.07, 6.45) is 2.29. The molecule has 1 aromatic heterocycles. The van der Waals surface area contributed by atoms with Crippen molar-refractivity contribution in [3.8, 4) is 0 Å². The van der Waals surface area contributed by atoms with Gasteiger partial charge in [0, 0.05) is 23.5 Å². The summed E-state index contributed by atoms with van der Waals surface area (Å²) in [6.45, 7) is 0.574. The maximum absolute atomic E-state index is 11.9. The van der Waals surface area contributed by atoms with Crippen LogP contribution in [0.3, 0.4) is 0 Å². The van der Waals surface area contributed by atoms with Crippen LogP contribution < -0.4 is 0 Å². The molecule has 0 aliphatic carbocycles. The summed E-state index contributed by atoms with van der Waals surface area (Å²) in [4.78, 5) is 22.8. The number of hydrogen-bond acceptors (Lipinski definition) is 2. The molecule has 3 rings (SSSR count). The molecule has 2 aromatic carbocycles. The SMILES string of the molecule is O=CC(=O)c1c2ccccc2cn1Cc1ccccc1. The van der Waals surface area contributed by atoms with Crippen molar-refractivity contribution < 1.29 is 9.59 Å². The number of rotatable bonds is 4. The normalized spacial score (nSPS) is 10.6. The Morgan fingerprint density at radius 2 is 1.70 bits per heavy atom. The molecule has 0 saturated carbocycles. The number of carbonyl (C=O) groups is 2. The Labute approximate surface area is 116 Å². The number of Topliss-reactive ketones (excluding diaryl/α,β-unsaturated/α-hetero) is 1. The molecule has 0 atom stereocenters. The summed E-state index contributed by atoms with van der Waals surface area (Å²) in [7, 11) is 0. The topological polar surface area (TPSA) is 39.1 Å².